The number of aromatic carboxylic acids is 1. The predicted octanol–water partition coefficient (Wildman–Crippen LogP) is 4.83. The van der Waals surface area contributed by atoms with E-state index in [1.165, 1.54) is 53.7 Å². The van der Waals surface area contributed by atoms with Crippen LogP contribution in [0.3, 0.4) is 0 Å². The molecule has 0 radical (unpaired) electrons. The molecule has 0 bridgehead atoms. The highest BCUT2D eigenvalue weighted by molar-refractivity contribution is 7.22. The predicted molar refractivity (Wildman–Crippen MR) is 166 cm³/mol. The van der Waals surface area contributed by atoms with E-state index in [-0.39, 0.29) is 35.0 Å². The van der Waals surface area contributed by atoms with E-state index >= 15 is 0 Å². The van der Waals surface area contributed by atoms with Crippen molar-refractivity contribution in [3.8, 4) is 28.0 Å². The Kier molecular flexibility index (Phi) is 8.57. The van der Waals surface area contributed by atoms with Gasteiger partial charge in [0.15, 0.2) is 5.75 Å². The van der Waals surface area contributed by atoms with Gasteiger partial charge in [-0.3, -0.25) is 9.36 Å². The summed E-state index contributed by atoms with van der Waals surface area (Å²) in [5.74, 6) is -0.479. The molecule has 45 heavy (non-hydrogen) atoms. The van der Waals surface area contributed by atoms with Crippen LogP contribution in [0, 0.1) is 6.92 Å². The molecule has 0 saturated carbocycles. The van der Waals surface area contributed by atoms with E-state index in [0.717, 1.165) is 10.1 Å². The molecule has 3 aromatic heterocycles. The number of thiophene rings is 1. The van der Waals surface area contributed by atoms with Gasteiger partial charge in [-0.05, 0) is 43.5 Å². The molecule has 13 heteroatoms. The quantitative estimate of drug-likeness (QED) is 0.227. The average Bonchev–Trinajstić information content (AvgIpc) is 3.71. The second-order valence-electron chi connectivity index (χ2n) is 10.4. The molecule has 1 fully saturated rings. The maximum absolute atomic E-state index is 14.6. The first-order chi connectivity index (χ1) is 21.8. The van der Waals surface area contributed by atoms with Crippen LogP contribution in [0.2, 0.25) is 0 Å². The van der Waals surface area contributed by atoms with E-state index < -0.39 is 23.3 Å². The normalized spacial score (nSPS) is 14.5. The molecule has 5 aromatic rings. The van der Waals surface area contributed by atoms with Gasteiger partial charge in [-0.15, -0.1) is 11.3 Å². The van der Waals surface area contributed by atoms with Crippen LogP contribution in [0.5, 0.6) is 11.5 Å². The Balaban J connectivity index is 1.63. The van der Waals surface area contributed by atoms with Crippen LogP contribution in [0.25, 0.3) is 26.7 Å². The Hall–Kier alpha value is -4.72. The fraction of sp³-hybridized carbons (Fsp3) is 0.312. The number of rotatable bonds is 10. The zero-order valence-electron chi connectivity index (χ0n) is 24.8. The molecule has 1 aliphatic rings. The van der Waals surface area contributed by atoms with E-state index in [2.05, 4.69) is 4.98 Å². The SMILES string of the molecule is COc1ccccc1C(Cn1c(=O)n(-c2cccc(C(=O)O)c2OC)c(=O)c2c(C)c(-c3ncco3)sc21)OC1CCOCC1. The lowest BCUT2D eigenvalue weighted by molar-refractivity contribution is -0.0752. The summed E-state index contributed by atoms with van der Waals surface area (Å²) < 4.78 is 31.4. The smallest absolute Gasteiger partial charge is 0.339 e. The molecule has 0 amide bonds. The summed E-state index contributed by atoms with van der Waals surface area (Å²) >= 11 is 1.21. The van der Waals surface area contributed by atoms with Gasteiger partial charge in [0.2, 0.25) is 5.89 Å². The third-order valence-corrected chi connectivity index (χ3v) is 9.17. The molecule has 4 heterocycles. The summed E-state index contributed by atoms with van der Waals surface area (Å²) in [7, 11) is 2.87. The zero-order chi connectivity index (χ0) is 31.7. The number of oxazole rings is 1. The van der Waals surface area contributed by atoms with E-state index in [1.807, 2.05) is 24.3 Å². The van der Waals surface area contributed by atoms with Crippen molar-refractivity contribution in [2.75, 3.05) is 27.4 Å². The second-order valence-corrected chi connectivity index (χ2v) is 11.4. The first-order valence-electron chi connectivity index (χ1n) is 14.3. The summed E-state index contributed by atoms with van der Waals surface area (Å²) in [6.07, 6.45) is 3.52. The van der Waals surface area contributed by atoms with Crippen molar-refractivity contribution in [2.24, 2.45) is 0 Å². The van der Waals surface area contributed by atoms with Gasteiger partial charge in [-0.1, -0.05) is 24.3 Å². The number of aromatic nitrogens is 3. The Morgan fingerprint density at radius 1 is 1.11 bits per heavy atom. The van der Waals surface area contributed by atoms with E-state index in [9.17, 15) is 19.5 Å². The highest BCUT2D eigenvalue weighted by atomic mass is 32.1. The third kappa shape index (κ3) is 5.54. The molecule has 12 nitrogen and oxygen atoms in total. The fourth-order valence-corrected chi connectivity index (χ4v) is 6.94. The number of carboxylic acids is 1. The van der Waals surface area contributed by atoms with Gasteiger partial charge < -0.3 is 28.5 Å². The number of fused-ring (bicyclic) bond motifs is 1. The van der Waals surface area contributed by atoms with Gasteiger partial charge in [0.05, 0.1) is 49.0 Å². The maximum Gasteiger partial charge on any atom is 0.339 e. The number of nitrogens with zero attached hydrogens (tertiary/aromatic N) is 3. The van der Waals surface area contributed by atoms with Crippen molar-refractivity contribution in [2.45, 2.75) is 38.5 Å². The number of aryl methyl sites for hydroxylation is 1. The number of methoxy groups -OCH3 is 2. The number of para-hydroxylation sites is 2. The monoisotopic (exact) mass is 633 g/mol. The lowest BCUT2D eigenvalue weighted by atomic mass is 10.1. The molecule has 1 saturated heterocycles. The van der Waals surface area contributed by atoms with Gasteiger partial charge >= 0.3 is 11.7 Å². The largest absolute Gasteiger partial charge is 0.496 e. The highest BCUT2D eigenvalue weighted by Crippen LogP contribution is 2.38. The molecular formula is C32H31N3O9S. The Morgan fingerprint density at radius 3 is 2.58 bits per heavy atom. The second kappa shape index (κ2) is 12.7. The van der Waals surface area contributed by atoms with Crippen LogP contribution >= 0.6 is 11.3 Å². The molecule has 2 aromatic carbocycles. The van der Waals surface area contributed by atoms with Gasteiger partial charge in [0.25, 0.3) is 5.56 Å². The van der Waals surface area contributed by atoms with Crippen LogP contribution in [-0.2, 0) is 16.0 Å². The van der Waals surface area contributed by atoms with Gasteiger partial charge in [-0.25, -0.2) is 19.1 Å². The Labute approximate surface area is 261 Å². The lowest BCUT2D eigenvalue weighted by Gasteiger charge is -2.29. The summed E-state index contributed by atoms with van der Waals surface area (Å²) in [5, 5.41) is 10.1. The standard InChI is InChI=1S/C32H31N3O9S/c1-18-25-29(36)35(22-9-6-8-21(31(37)38)26(22)41-3)32(39)34(30(25)45-27(18)28-33-13-16-43-28)17-24(44-19-11-14-42-15-12-19)20-7-4-5-10-23(20)40-2/h4-10,13,16,19,24H,11-12,14-15,17H2,1-3H3,(H,37,38). The zero-order valence-corrected chi connectivity index (χ0v) is 25.7. The van der Waals surface area contributed by atoms with Crippen LogP contribution in [0.15, 0.2) is 68.9 Å². The average molecular weight is 634 g/mol. The minimum atomic E-state index is -1.26. The van der Waals surface area contributed by atoms with Crippen molar-refractivity contribution in [1.29, 1.82) is 0 Å². The molecule has 1 aliphatic heterocycles. The molecule has 0 spiro atoms. The van der Waals surface area contributed by atoms with Gasteiger partial charge in [0, 0.05) is 18.8 Å². The van der Waals surface area contributed by atoms with Crippen LogP contribution in [-0.4, -0.2) is 58.7 Å². The van der Waals surface area contributed by atoms with Crippen LogP contribution < -0.4 is 20.7 Å². The van der Waals surface area contributed by atoms with Crippen molar-refractivity contribution < 1.29 is 33.3 Å². The number of carboxylic acid groups (broad SMARTS) is 1. The summed E-state index contributed by atoms with van der Waals surface area (Å²) in [4.78, 5) is 46.1. The minimum Gasteiger partial charge on any atom is -0.496 e. The van der Waals surface area contributed by atoms with Crippen molar-refractivity contribution in [1.82, 2.24) is 14.1 Å². The van der Waals surface area contributed by atoms with E-state index in [4.69, 9.17) is 23.4 Å². The van der Waals surface area contributed by atoms with E-state index in [1.54, 1.807) is 14.0 Å². The van der Waals surface area contributed by atoms with Crippen molar-refractivity contribution in [3.05, 3.63) is 92.5 Å². The molecule has 1 unspecified atom stereocenters. The third-order valence-electron chi connectivity index (χ3n) is 7.87. The topological polar surface area (TPSA) is 144 Å². The number of hydrogen-bond acceptors (Lipinski definition) is 10. The highest BCUT2D eigenvalue weighted by Gasteiger charge is 2.29. The number of ether oxygens (including phenoxy) is 4. The first kappa shape index (κ1) is 30.3. The number of carbonyl (C=O) groups is 1. The Morgan fingerprint density at radius 2 is 1.89 bits per heavy atom. The minimum absolute atomic E-state index is 0.00510. The summed E-state index contributed by atoms with van der Waals surface area (Å²) in [6, 6.07) is 11.7. The summed E-state index contributed by atoms with van der Waals surface area (Å²) in [5.41, 5.74) is -0.203. The molecule has 1 atom stereocenters. The van der Waals surface area contributed by atoms with Gasteiger partial charge in [-0.2, -0.15) is 0 Å². The molecule has 234 valence electrons. The van der Waals surface area contributed by atoms with Crippen LogP contribution in [0.1, 0.15) is 40.4 Å². The molecule has 6 rings (SSSR count). The van der Waals surface area contributed by atoms with E-state index in [0.29, 0.717) is 53.0 Å². The Bertz CT molecular complexity index is 1970. The summed E-state index contributed by atoms with van der Waals surface area (Å²) in [6.45, 7) is 2.89. The molecule has 0 aliphatic carbocycles. The van der Waals surface area contributed by atoms with Crippen LogP contribution in [0.4, 0.5) is 0 Å². The molecular weight excluding hydrogens is 602 g/mol. The number of benzene rings is 2. The first-order valence-corrected chi connectivity index (χ1v) is 15.1. The maximum atomic E-state index is 14.6. The lowest BCUT2D eigenvalue weighted by Crippen LogP contribution is -2.40. The van der Waals surface area contributed by atoms with Crippen molar-refractivity contribution >= 4 is 27.5 Å². The number of hydrogen-bond donors (Lipinski definition) is 1. The molecule has 1 N–H and O–H groups in total. The van der Waals surface area contributed by atoms with Gasteiger partial charge in [0.1, 0.15) is 28.5 Å². The fourth-order valence-electron chi connectivity index (χ4n) is 5.70. The van der Waals surface area contributed by atoms with Crippen molar-refractivity contribution in [3.63, 3.8) is 0 Å².